The van der Waals surface area contributed by atoms with E-state index in [0.717, 1.165) is 17.5 Å². The van der Waals surface area contributed by atoms with Crippen LogP contribution in [0.25, 0.3) is 10.9 Å². The molecule has 2 aliphatic rings. The second kappa shape index (κ2) is 4.86. The van der Waals surface area contributed by atoms with Crippen LogP contribution in [0.5, 0.6) is 0 Å². The Kier molecular flexibility index (Phi) is 2.97. The van der Waals surface area contributed by atoms with Crippen LogP contribution in [-0.4, -0.2) is 36.3 Å². The minimum atomic E-state index is -0.526. The molecule has 1 aliphatic carbocycles. The summed E-state index contributed by atoms with van der Waals surface area (Å²) in [5, 5.41) is 4.69. The Morgan fingerprint density at radius 1 is 1.48 bits per heavy atom. The summed E-state index contributed by atoms with van der Waals surface area (Å²) in [6, 6.07) is 6.40. The third-order valence-corrected chi connectivity index (χ3v) is 4.36. The molecule has 2 heterocycles. The van der Waals surface area contributed by atoms with Crippen molar-refractivity contribution in [1.29, 1.82) is 0 Å². The fraction of sp³-hybridized carbons (Fsp3) is 0.438. The number of esters is 1. The first-order valence-corrected chi connectivity index (χ1v) is 7.42. The van der Waals surface area contributed by atoms with Gasteiger partial charge in [0, 0.05) is 29.7 Å². The maximum atomic E-state index is 11.9. The summed E-state index contributed by atoms with van der Waals surface area (Å²) in [5.41, 5.74) is 3.59. The fourth-order valence-corrected chi connectivity index (χ4v) is 3.45. The van der Waals surface area contributed by atoms with Crippen LogP contribution in [0.4, 0.5) is 0 Å². The van der Waals surface area contributed by atoms with Crippen LogP contribution in [0.3, 0.4) is 0 Å². The molecule has 2 aromatic rings. The van der Waals surface area contributed by atoms with E-state index in [0.29, 0.717) is 13.2 Å². The van der Waals surface area contributed by atoms with Gasteiger partial charge in [-0.3, -0.25) is 0 Å². The summed E-state index contributed by atoms with van der Waals surface area (Å²) >= 11 is 0. The zero-order valence-electron chi connectivity index (χ0n) is 11.9. The molecule has 1 unspecified atom stereocenters. The zero-order valence-corrected chi connectivity index (χ0v) is 11.9. The number of fused-ring (bicyclic) bond motifs is 2. The van der Waals surface area contributed by atoms with Crippen molar-refractivity contribution in [2.75, 3.05) is 13.2 Å². The lowest BCUT2D eigenvalue weighted by Crippen LogP contribution is -2.53. The molecule has 1 fully saturated rings. The topological polar surface area (TPSA) is 63.3 Å². The number of benzene rings is 1. The molecule has 2 N–H and O–H groups in total. The number of aromatic amines is 1. The number of hydrogen-bond donors (Lipinski definition) is 2. The Hall–Kier alpha value is -1.85. The Labute approximate surface area is 122 Å². The molecule has 0 saturated carbocycles. The summed E-state index contributed by atoms with van der Waals surface area (Å²) in [7, 11) is 0. The number of ether oxygens (including phenoxy) is 2. The highest BCUT2D eigenvalue weighted by Gasteiger charge is 2.39. The highest BCUT2D eigenvalue weighted by atomic mass is 16.6. The van der Waals surface area contributed by atoms with Gasteiger partial charge in [-0.15, -0.1) is 0 Å². The fourth-order valence-electron chi connectivity index (χ4n) is 3.45. The van der Waals surface area contributed by atoms with Gasteiger partial charge in [0.15, 0.2) is 6.10 Å². The summed E-state index contributed by atoms with van der Waals surface area (Å²) in [6.07, 6.45) is 2.36. The lowest BCUT2D eigenvalue weighted by Gasteiger charge is -2.39. The predicted octanol–water partition coefficient (Wildman–Crippen LogP) is 1.69. The minimum Gasteiger partial charge on any atom is -0.464 e. The van der Waals surface area contributed by atoms with Crippen LogP contribution in [0, 0.1) is 0 Å². The molecule has 21 heavy (non-hydrogen) atoms. The number of H-pyrrole nitrogens is 1. The Morgan fingerprint density at radius 3 is 3.24 bits per heavy atom. The number of rotatable bonds is 2. The highest BCUT2D eigenvalue weighted by molar-refractivity contribution is 5.88. The lowest BCUT2D eigenvalue weighted by atomic mass is 9.85. The maximum Gasteiger partial charge on any atom is 0.336 e. The van der Waals surface area contributed by atoms with Gasteiger partial charge in [0.2, 0.25) is 0 Å². The monoisotopic (exact) mass is 286 g/mol. The van der Waals surface area contributed by atoms with Crippen LogP contribution < -0.4 is 5.32 Å². The van der Waals surface area contributed by atoms with Crippen LogP contribution in [-0.2, 0) is 20.7 Å². The van der Waals surface area contributed by atoms with Crippen molar-refractivity contribution in [1.82, 2.24) is 10.3 Å². The van der Waals surface area contributed by atoms with E-state index in [2.05, 4.69) is 28.6 Å². The highest BCUT2D eigenvalue weighted by Crippen LogP contribution is 2.39. The van der Waals surface area contributed by atoms with Crippen LogP contribution in [0.1, 0.15) is 24.2 Å². The van der Waals surface area contributed by atoms with Gasteiger partial charge >= 0.3 is 5.97 Å². The number of nitrogens with one attached hydrogen (secondary N) is 2. The first kappa shape index (κ1) is 12.9. The zero-order chi connectivity index (χ0) is 14.4. The van der Waals surface area contributed by atoms with Crippen molar-refractivity contribution in [3.05, 3.63) is 35.5 Å². The first-order chi connectivity index (χ1) is 10.3. The van der Waals surface area contributed by atoms with E-state index in [9.17, 15) is 4.79 Å². The van der Waals surface area contributed by atoms with E-state index in [-0.39, 0.29) is 18.1 Å². The van der Waals surface area contributed by atoms with Gasteiger partial charge in [-0.1, -0.05) is 12.1 Å². The molecule has 110 valence electrons. The average molecular weight is 286 g/mol. The third-order valence-electron chi connectivity index (χ3n) is 4.36. The van der Waals surface area contributed by atoms with Crippen LogP contribution in [0.15, 0.2) is 24.4 Å². The molecule has 5 nitrogen and oxygen atoms in total. The standard InChI is InChI=1S/C16H18N2O3/c1-2-20-16(19)13-8-18-12-6-9-7-17-11-5-3-4-10(14(9)11)15(12)21-13/h3-5,7,12-13,15,17-18H,2,6,8H2,1H3/t12-,13?,15-/m1/s1. The van der Waals surface area contributed by atoms with Crippen LogP contribution in [0.2, 0.25) is 0 Å². The lowest BCUT2D eigenvalue weighted by molar-refractivity contribution is -0.166. The van der Waals surface area contributed by atoms with Gasteiger partial charge in [-0.05, 0) is 30.5 Å². The van der Waals surface area contributed by atoms with E-state index >= 15 is 0 Å². The SMILES string of the molecule is CCOC(=O)C1CN[C@@H]2Cc3c[nH]c4cccc(c34)[C@H]2O1. The number of carbonyl (C=O) groups excluding carboxylic acids is 1. The number of carbonyl (C=O) groups is 1. The van der Waals surface area contributed by atoms with Gasteiger partial charge in [0.25, 0.3) is 0 Å². The molecule has 3 atom stereocenters. The summed E-state index contributed by atoms with van der Waals surface area (Å²) in [6.45, 7) is 2.70. The van der Waals surface area contributed by atoms with Gasteiger partial charge in [-0.25, -0.2) is 4.79 Å². The summed E-state index contributed by atoms with van der Waals surface area (Å²) < 4.78 is 11.1. The van der Waals surface area contributed by atoms with Crippen molar-refractivity contribution in [2.45, 2.75) is 31.6 Å². The molecular formula is C16H18N2O3. The van der Waals surface area contributed by atoms with Crippen molar-refractivity contribution in [3.63, 3.8) is 0 Å². The molecular weight excluding hydrogens is 268 g/mol. The Balaban J connectivity index is 1.70. The largest absolute Gasteiger partial charge is 0.464 e. The van der Waals surface area contributed by atoms with Gasteiger partial charge < -0.3 is 19.8 Å². The first-order valence-electron chi connectivity index (χ1n) is 7.42. The van der Waals surface area contributed by atoms with Crippen molar-refractivity contribution >= 4 is 16.9 Å². The molecule has 4 rings (SSSR count). The number of hydrogen-bond acceptors (Lipinski definition) is 4. The normalized spacial score (nSPS) is 27.4. The summed E-state index contributed by atoms with van der Waals surface area (Å²) in [5.74, 6) is -0.282. The van der Waals surface area contributed by atoms with Gasteiger partial charge in [0.1, 0.15) is 0 Å². The number of morpholine rings is 1. The van der Waals surface area contributed by atoms with E-state index in [4.69, 9.17) is 9.47 Å². The number of aromatic nitrogens is 1. The smallest absolute Gasteiger partial charge is 0.336 e. The maximum absolute atomic E-state index is 11.9. The molecule has 5 heteroatoms. The second-order valence-electron chi connectivity index (χ2n) is 5.60. The van der Waals surface area contributed by atoms with Gasteiger partial charge in [0.05, 0.1) is 12.7 Å². The molecule has 1 saturated heterocycles. The quantitative estimate of drug-likeness (QED) is 0.825. The van der Waals surface area contributed by atoms with E-state index < -0.39 is 6.10 Å². The average Bonchev–Trinajstić information content (AvgIpc) is 2.92. The van der Waals surface area contributed by atoms with Gasteiger partial charge in [-0.2, -0.15) is 0 Å². The third kappa shape index (κ3) is 1.96. The van der Waals surface area contributed by atoms with E-state index in [1.54, 1.807) is 0 Å². The van der Waals surface area contributed by atoms with Crippen molar-refractivity contribution in [3.8, 4) is 0 Å². The molecule has 1 aromatic heterocycles. The van der Waals surface area contributed by atoms with E-state index in [1.807, 2.05) is 13.0 Å². The molecule has 1 aromatic carbocycles. The molecule has 0 amide bonds. The molecule has 0 radical (unpaired) electrons. The molecule has 1 aliphatic heterocycles. The van der Waals surface area contributed by atoms with Crippen LogP contribution >= 0.6 is 0 Å². The molecule has 0 spiro atoms. The molecule has 0 bridgehead atoms. The Morgan fingerprint density at radius 2 is 2.38 bits per heavy atom. The van der Waals surface area contributed by atoms with E-state index in [1.165, 1.54) is 10.9 Å². The minimum absolute atomic E-state index is 0.0971. The summed E-state index contributed by atoms with van der Waals surface area (Å²) in [4.78, 5) is 15.2. The second-order valence-corrected chi connectivity index (χ2v) is 5.60. The van der Waals surface area contributed by atoms with Crippen molar-refractivity contribution in [2.24, 2.45) is 0 Å². The Bertz CT molecular complexity index is 694. The predicted molar refractivity (Wildman–Crippen MR) is 78.0 cm³/mol. The van der Waals surface area contributed by atoms with Crippen molar-refractivity contribution < 1.29 is 14.3 Å².